The van der Waals surface area contributed by atoms with Crippen molar-refractivity contribution in [1.29, 1.82) is 0 Å². The number of anilines is 2. The molecule has 12 heteroatoms. The number of nitrogens with zero attached hydrogens (tertiary/aromatic N) is 6. The number of hydrogen-bond donors (Lipinski definition) is 2. The minimum absolute atomic E-state index is 0.00664. The van der Waals surface area contributed by atoms with Crippen molar-refractivity contribution >= 4 is 39.1 Å². The highest BCUT2D eigenvalue weighted by Crippen LogP contribution is 2.42. The molecule has 4 fully saturated rings. The number of aromatic nitrogens is 3. The SMILES string of the molecule is C#Cc1c(F)ccc2cc(O)cc(-c3ncc4c(N5CC6CCC(C5)N6C(=O)c5ccc(NC)cc5)nc(OCC56CCCN5CCC6)nc4c3F)c12. The summed E-state index contributed by atoms with van der Waals surface area (Å²) in [7, 11) is 1.84. The van der Waals surface area contributed by atoms with Gasteiger partial charge in [-0.3, -0.25) is 14.7 Å². The molecule has 0 aliphatic carbocycles. The number of rotatable bonds is 7. The van der Waals surface area contributed by atoms with Crippen LogP contribution in [0.15, 0.2) is 54.7 Å². The molecule has 4 saturated heterocycles. The Morgan fingerprint density at radius 2 is 1.79 bits per heavy atom. The van der Waals surface area contributed by atoms with Gasteiger partial charge in [-0.2, -0.15) is 9.97 Å². The first-order valence-corrected chi connectivity index (χ1v) is 18.3. The van der Waals surface area contributed by atoms with E-state index in [1.165, 1.54) is 30.5 Å². The lowest BCUT2D eigenvalue weighted by Gasteiger charge is -2.42. The summed E-state index contributed by atoms with van der Waals surface area (Å²) < 4.78 is 38.5. The normalized spacial score (nSPS) is 20.6. The van der Waals surface area contributed by atoms with E-state index in [0.717, 1.165) is 57.3 Å². The first-order valence-electron chi connectivity index (χ1n) is 18.3. The minimum atomic E-state index is -0.765. The molecule has 0 saturated carbocycles. The van der Waals surface area contributed by atoms with Gasteiger partial charge < -0.3 is 25.0 Å². The van der Waals surface area contributed by atoms with E-state index >= 15 is 4.39 Å². The fraction of sp³-hybridized carbons (Fsp3) is 0.366. The van der Waals surface area contributed by atoms with Gasteiger partial charge in [-0.15, -0.1) is 6.42 Å². The molecule has 4 aliphatic rings. The van der Waals surface area contributed by atoms with E-state index in [1.54, 1.807) is 0 Å². The number of terminal acetylenes is 1. The van der Waals surface area contributed by atoms with Crippen LogP contribution >= 0.6 is 0 Å². The van der Waals surface area contributed by atoms with Crippen molar-refractivity contribution in [3.05, 3.63) is 77.5 Å². The third-order valence-electron chi connectivity index (χ3n) is 11.8. The Hall–Kier alpha value is -5.54. The van der Waals surface area contributed by atoms with Crippen molar-refractivity contribution in [1.82, 2.24) is 24.8 Å². The molecule has 2 N–H and O–H groups in total. The van der Waals surface area contributed by atoms with Crippen LogP contribution in [0.2, 0.25) is 0 Å². The summed E-state index contributed by atoms with van der Waals surface area (Å²) in [6, 6.07) is 12.9. The number of ether oxygens (including phenoxy) is 1. The lowest BCUT2D eigenvalue weighted by atomic mass is 9.95. The zero-order valence-corrected chi connectivity index (χ0v) is 29.4. The molecule has 1 amide bonds. The Morgan fingerprint density at radius 1 is 1.06 bits per heavy atom. The maximum absolute atomic E-state index is 17.1. The van der Waals surface area contributed by atoms with E-state index < -0.39 is 11.6 Å². The van der Waals surface area contributed by atoms with Crippen molar-refractivity contribution in [2.45, 2.75) is 56.1 Å². The lowest BCUT2D eigenvalue weighted by Crippen LogP contribution is -2.56. The lowest BCUT2D eigenvalue weighted by molar-refractivity contribution is 0.0641. The van der Waals surface area contributed by atoms with Crippen molar-refractivity contribution in [2.24, 2.45) is 0 Å². The number of benzene rings is 3. The number of pyridine rings is 1. The molecule has 2 atom stereocenters. The number of carbonyl (C=O) groups is 1. The summed E-state index contributed by atoms with van der Waals surface area (Å²) in [6.07, 6.45) is 13.2. The summed E-state index contributed by atoms with van der Waals surface area (Å²) in [4.78, 5) is 34.5. The van der Waals surface area contributed by atoms with Gasteiger partial charge in [0.1, 0.15) is 35.2 Å². The summed E-state index contributed by atoms with van der Waals surface area (Å²) in [5, 5.41) is 14.8. The third-order valence-corrected chi connectivity index (χ3v) is 11.8. The molecule has 5 aromatic rings. The molecular formula is C41H39F2N7O3. The Morgan fingerprint density at radius 3 is 2.49 bits per heavy atom. The van der Waals surface area contributed by atoms with Crippen LogP contribution in [0.3, 0.4) is 0 Å². The van der Waals surface area contributed by atoms with Crippen molar-refractivity contribution < 1.29 is 23.4 Å². The molecule has 4 aliphatic heterocycles. The summed E-state index contributed by atoms with van der Waals surface area (Å²) in [6.45, 7) is 3.43. The van der Waals surface area contributed by atoms with Gasteiger partial charge in [0.2, 0.25) is 0 Å². The summed E-state index contributed by atoms with van der Waals surface area (Å²) in [5.41, 5.74) is 1.43. The first-order chi connectivity index (χ1) is 25.8. The molecule has 270 valence electrons. The largest absolute Gasteiger partial charge is 0.508 e. The highest BCUT2D eigenvalue weighted by molar-refractivity contribution is 6.03. The van der Waals surface area contributed by atoms with E-state index in [4.69, 9.17) is 16.1 Å². The molecular weight excluding hydrogens is 676 g/mol. The number of carbonyl (C=O) groups excluding carboxylic acids is 1. The predicted octanol–water partition coefficient (Wildman–Crippen LogP) is 6.35. The summed E-state index contributed by atoms with van der Waals surface area (Å²) in [5.74, 6) is 1.32. The van der Waals surface area contributed by atoms with E-state index in [9.17, 15) is 14.3 Å². The van der Waals surface area contributed by atoms with Gasteiger partial charge >= 0.3 is 6.01 Å². The Kier molecular flexibility index (Phi) is 8.07. The smallest absolute Gasteiger partial charge is 0.319 e. The zero-order valence-electron chi connectivity index (χ0n) is 29.4. The van der Waals surface area contributed by atoms with E-state index in [0.29, 0.717) is 41.9 Å². The highest BCUT2D eigenvalue weighted by atomic mass is 19.1. The number of nitrogens with one attached hydrogen (secondary N) is 1. The maximum Gasteiger partial charge on any atom is 0.319 e. The van der Waals surface area contributed by atoms with Gasteiger partial charge in [0, 0.05) is 48.5 Å². The molecule has 53 heavy (non-hydrogen) atoms. The number of hydrogen-bond acceptors (Lipinski definition) is 9. The van der Waals surface area contributed by atoms with Gasteiger partial charge in [-0.1, -0.05) is 12.0 Å². The number of phenolic OH excluding ortho intramolecular Hbond substituents is 1. The number of phenols is 1. The molecule has 6 heterocycles. The van der Waals surface area contributed by atoms with Crippen LogP contribution in [-0.2, 0) is 0 Å². The van der Waals surface area contributed by atoms with Crippen molar-refractivity contribution in [3.63, 3.8) is 0 Å². The van der Waals surface area contributed by atoms with Crippen LogP contribution in [0.1, 0.15) is 54.4 Å². The number of amides is 1. The second-order valence-electron chi connectivity index (χ2n) is 14.7. The van der Waals surface area contributed by atoms with Gasteiger partial charge in [0.25, 0.3) is 5.91 Å². The number of aromatic hydroxyl groups is 1. The zero-order chi connectivity index (χ0) is 36.4. The highest BCUT2D eigenvalue weighted by Gasteiger charge is 2.46. The topological polar surface area (TPSA) is 107 Å². The standard InChI is InChI=1S/C41H39F2N7O3/c1-3-30-33(42)13-8-25-18-29(51)19-31(34(25)30)36-35(43)37-32(20-45-36)38(47-40(46-37)53-23-41-14-4-16-49(41)17-5-15-41)48-21-27-11-12-28(22-48)50(27)39(52)24-6-9-26(44-2)10-7-24/h1,6-10,13,18-20,27-28,44,51H,4-5,11-12,14-17,21-23H2,2H3. The molecule has 2 bridgehead atoms. The average Bonchev–Trinajstić information content (AvgIpc) is 3.84. The first kappa shape index (κ1) is 33.3. The molecule has 10 nitrogen and oxygen atoms in total. The van der Waals surface area contributed by atoms with Gasteiger partial charge in [0.15, 0.2) is 5.82 Å². The fourth-order valence-corrected chi connectivity index (χ4v) is 9.26. The maximum atomic E-state index is 17.1. The summed E-state index contributed by atoms with van der Waals surface area (Å²) >= 11 is 0. The van der Waals surface area contributed by atoms with Crippen LogP contribution in [-0.4, -0.2) is 93.2 Å². The van der Waals surface area contributed by atoms with E-state index in [1.807, 2.05) is 36.2 Å². The van der Waals surface area contributed by atoms with Gasteiger partial charge in [0.05, 0.1) is 28.6 Å². The van der Waals surface area contributed by atoms with Crippen LogP contribution < -0.4 is 15.0 Å². The van der Waals surface area contributed by atoms with Crippen LogP contribution in [0, 0.1) is 24.0 Å². The molecule has 0 radical (unpaired) electrons. The average molecular weight is 716 g/mol. The van der Waals surface area contributed by atoms with E-state index in [2.05, 4.69) is 31.0 Å². The van der Waals surface area contributed by atoms with Gasteiger partial charge in [-0.05, 0) is 99.5 Å². The molecule has 0 spiro atoms. The van der Waals surface area contributed by atoms with Crippen LogP contribution in [0.25, 0.3) is 32.9 Å². The second kappa shape index (κ2) is 12.8. The Balaban J connectivity index is 1.13. The minimum Gasteiger partial charge on any atom is -0.508 e. The number of halogens is 2. The molecule has 9 rings (SSSR count). The fourth-order valence-electron chi connectivity index (χ4n) is 9.26. The van der Waals surface area contributed by atoms with Gasteiger partial charge in [-0.25, -0.2) is 8.78 Å². The number of fused-ring (bicyclic) bond motifs is 5. The molecule has 2 aromatic heterocycles. The monoisotopic (exact) mass is 715 g/mol. The quantitative estimate of drug-likeness (QED) is 0.187. The van der Waals surface area contributed by atoms with Crippen molar-refractivity contribution in [2.75, 3.05) is 50.1 Å². The predicted molar refractivity (Wildman–Crippen MR) is 199 cm³/mol. The van der Waals surface area contributed by atoms with E-state index in [-0.39, 0.29) is 63.0 Å². The van der Waals surface area contributed by atoms with Crippen LogP contribution in [0.5, 0.6) is 11.8 Å². The molecule has 2 unspecified atom stereocenters. The Labute approximate surface area is 305 Å². The van der Waals surface area contributed by atoms with Crippen molar-refractivity contribution in [3.8, 4) is 35.4 Å². The second-order valence-corrected chi connectivity index (χ2v) is 14.7. The third kappa shape index (κ3) is 5.48. The molecule has 3 aromatic carbocycles. The number of piperazine rings is 1. The van der Waals surface area contributed by atoms with Crippen LogP contribution in [0.4, 0.5) is 20.3 Å². The Bertz CT molecular complexity index is 2300.